The molecule has 0 saturated carbocycles. The molecular formula is C13H15N5OS2. The van der Waals surface area contributed by atoms with Crippen molar-refractivity contribution in [3.05, 3.63) is 33.3 Å². The predicted molar refractivity (Wildman–Crippen MR) is 86.4 cm³/mol. The Labute approximate surface area is 129 Å². The second-order valence-corrected chi connectivity index (χ2v) is 6.38. The van der Waals surface area contributed by atoms with Crippen molar-refractivity contribution < 1.29 is 0 Å². The first kappa shape index (κ1) is 14.2. The van der Waals surface area contributed by atoms with Gasteiger partial charge in [0.05, 0.1) is 18.4 Å². The van der Waals surface area contributed by atoms with Crippen molar-refractivity contribution in [1.29, 1.82) is 0 Å². The minimum absolute atomic E-state index is 0.0208. The first-order valence-corrected chi connectivity index (χ1v) is 8.34. The lowest BCUT2D eigenvalue weighted by Crippen LogP contribution is -2.21. The van der Waals surface area contributed by atoms with Gasteiger partial charge >= 0.3 is 0 Å². The summed E-state index contributed by atoms with van der Waals surface area (Å²) < 4.78 is 6.25. The molecule has 6 nitrogen and oxygen atoms in total. The fourth-order valence-corrected chi connectivity index (χ4v) is 3.57. The molecule has 0 atom stereocenters. The summed E-state index contributed by atoms with van der Waals surface area (Å²) in [6.07, 6.45) is 2.62. The number of thiophene rings is 1. The van der Waals surface area contributed by atoms with Gasteiger partial charge in [-0.3, -0.25) is 9.36 Å². The van der Waals surface area contributed by atoms with Gasteiger partial charge in [0.25, 0.3) is 5.56 Å². The fraction of sp³-hybridized carbons (Fsp3) is 0.385. The van der Waals surface area contributed by atoms with Gasteiger partial charge in [-0.15, -0.1) is 16.4 Å². The van der Waals surface area contributed by atoms with E-state index in [4.69, 9.17) is 0 Å². The highest BCUT2D eigenvalue weighted by Crippen LogP contribution is 2.21. The smallest absolute Gasteiger partial charge is 0.271 e. The zero-order chi connectivity index (χ0) is 14.8. The number of hydrogen-bond donors (Lipinski definition) is 1. The van der Waals surface area contributed by atoms with Gasteiger partial charge in [-0.25, -0.2) is 4.98 Å². The Hall–Kier alpha value is -1.80. The lowest BCUT2D eigenvalue weighted by molar-refractivity contribution is 0.727. The van der Waals surface area contributed by atoms with Crippen LogP contribution in [-0.4, -0.2) is 25.7 Å². The molecule has 1 N–H and O–H groups in total. The van der Waals surface area contributed by atoms with Crippen LogP contribution in [0.3, 0.4) is 0 Å². The summed E-state index contributed by atoms with van der Waals surface area (Å²) in [7, 11) is 0. The average molecular weight is 321 g/mol. The molecule has 3 heterocycles. The van der Waals surface area contributed by atoms with Crippen LogP contribution < -0.4 is 10.9 Å². The first-order chi connectivity index (χ1) is 10.2. The van der Waals surface area contributed by atoms with E-state index in [0.29, 0.717) is 11.2 Å². The maximum atomic E-state index is 12.5. The van der Waals surface area contributed by atoms with Crippen LogP contribution in [0.15, 0.2) is 16.5 Å². The summed E-state index contributed by atoms with van der Waals surface area (Å²) in [5, 5.41) is 10.3. The number of nitrogens with zero attached hydrogens (tertiary/aromatic N) is 4. The number of hydrogen-bond acceptors (Lipinski definition) is 7. The van der Waals surface area contributed by atoms with Gasteiger partial charge in [0.1, 0.15) is 15.4 Å². The zero-order valence-corrected chi connectivity index (χ0v) is 13.4. The summed E-state index contributed by atoms with van der Waals surface area (Å²) in [4.78, 5) is 16.8. The van der Waals surface area contributed by atoms with E-state index in [1.54, 1.807) is 10.9 Å². The van der Waals surface area contributed by atoms with Crippen molar-refractivity contribution in [2.24, 2.45) is 0 Å². The quantitative estimate of drug-likeness (QED) is 0.781. The maximum absolute atomic E-state index is 12.5. The minimum Gasteiger partial charge on any atom is -0.374 e. The van der Waals surface area contributed by atoms with E-state index in [-0.39, 0.29) is 5.56 Å². The van der Waals surface area contributed by atoms with E-state index >= 15 is 0 Å². The van der Waals surface area contributed by atoms with Crippen LogP contribution in [-0.2, 0) is 6.54 Å². The Balaban J connectivity index is 1.93. The number of fused-ring (bicyclic) bond motifs is 1. The number of aromatic nitrogens is 4. The molecule has 3 aromatic heterocycles. The van der Waals surface area contributed by atoms with Gasteiger partial charge in [-0.2, -0.15) is 0 Å². The Morgan fingerprint density at radius 3 is 3.10 bits per heavy atom. The van der Waals surface area contributed by atoms with Crippen LogP contribution in [0, 0.1) is 6.92 Å². The second kappa shape index (κ2) is 5.90. The number of rotatable bonds is 5. The van der Waals surface area contributed by atoms with Crippen molar-refractivity contribution in [1.82, 2.24) is 19.1 Å². The number of nitrogens with one attached hydrogen (secondary N) is 1. The van der Waals surface area contributed by atoms with Crippen molar-refractivity contribution in [3.63, 3.8) is 0 Å². The van der Waals surface area contributed by atoms with E-state index in [0.717, 1.165) is 34.7 Å². The Kier molecular flexibility index (Phi) is 3.98. The van der Waals surface area contributed by atoms with Crippen molar-refractivity contribution in [3.8, 4) is 0 Å². The molecule has 8 heteroatoms. The lowest BCUT2D eigenvalue weighted by Gasteiger charge is -2.06. The lowest BCUT2D eigenvalue weighted by atomic mass is 10.3. The SMILES string of the molecule is CCCNc1snnc1Cn1cnc2c(C)csc2c1=O. The largest absolute Gasteiger partial charge is 0.374 e. The van der Waals surface area contributed by atoms with Crippen LogP contribution in [0.1, 0.15) is 24.6 Å². The second-order valence-electron chi connectivity index (χ2n) is 4.75. The molecule has 0 aliphatic heterocycles. The van der Waals surface area contributed by atoms with Gasteiger partial charge in [0.2, 0.25) is 0 Å². The van der Waals surface area contributed by atoms with Crippen LogP contribution in [0.25, 0.3) is 10.2 Å². The van der Waals surface area contributed by atoms with Crippen LogP contribution in [0.2, 0.25) is 0 Å². The molecule has 0 bridgehead atoms. The van der Waals surface area contributed by atoms with E-state index < -0.39 is 0 Å². The highest BCUT2D eigenvalue weighted by Gasteiger charge is 2.12. The third-order valence-corrected chi connectivity index (χ3v) is 4.94. The molecule has 21 heavy (non-hydrogen) atoms. The molecule has 3 aromatic rings. The Bertz CT molecular complexity index is 819. The summed E-state index contributed by atoms with van der Waals surface area (Å²) in [5.74, 6) is 0. The van der Waals surface area contributed by atoms with Gasteiger partial charge in [-0.1, -0.05) is 11.4 Å². The third kappa shape index (κ3) is 2.68. The van der Waals surface area contributed by atoms with Crippen LogP contribution in [0.4, 0.5) is 5.00 Å². The molecule has 0 aliphatic carbocycles. The molecule has 0 fully saturated rings. The van der Waals surface area contributed by atoms with E-state index in [1.807, 2.05) is 12.3 Å². The monoisotopic (exact) mass is 321 g/mol. The molecule has 0 amide bonds. The molecule has 0 saturated heterocycles. The Morgan fingerprint density at radius 1 is 1.43 bits per heavy atom. The van der Waals surface area contributed by atoms with Gasteiger partial charge in [-0.05, 0) is 24.3 Å². The molecule has 110 valence electrons. The summed E-state index contributed by atoms with van der Waals surface area (Å²) in [5.41, 5.74) is 2.60. The molecule has 0 aromatic carbocycles. The molecule has 0 spiro atoms. The average Bonchev–Trinajstić information content (AvgIpc) is 3.07. The fourth-order valence-electron chi connectivity index (χ4n) is 2.02. The zero-order valence-electron chi connectivity index (χ0n) is 11.8. The topological polar surface area (TPSA) is 72.7 Å². The Morgan fingerprint density at radius 2 is 2.29 bits per heavy atom. The molecular weight excluding hydrogens is 306 g/mol. The van der Waals surface area contributed by atoms with Crippen molar-refractivity contribution in [2.75, 3.05) is 11.9 Å². The summed E-state index contributed by atoms with van der Waals surface area (Å²) in [6.45, 7) is 5.32. The van der Waals surface area contributed by atoms with Gasteiger partial charge < -0.3 is 5.32 Å². The molecule has 0 unspecified atom stereocenters. The normalized spacial score (nSPS) is 11.1. The highest BCUT2D eigenvalue weighted by molar-refractivity contribution is 7.17. The van der Waals surface area contributed by atoms with Gasteiger partial charge in [0.15, 0.2) is 0 Å². The highest BCUT2D eigenvalue weighted by atomic mass is 32.1. The summed E-state index contributed by atoms with van der Waals surface area (Å²) in [6, 6.07) is 0. The minimum atomic E-state index is -0.0208. The van der Waals surface area contributed by atoms with Gasteiger partial charge in [0, 0.05) is 18.1 Å². The van der Waals surface area contributed by atoms with E-state index in [9.17, 15) is 4.79 Å². The molecule has 0 radical (unpaired) electrons. The molecule has 0 aliphatic rings. The third-order valence-electron chi connectivity index (χ3n) is 3.13. The predicted octanol–water partition coefficient (Wildman–Crippen LogP) is 2.49. The number of aryl methyl sites for hydroxylation is 1. The standard InChI is InChI=1S/C13H15N5OS2/c1-3-4-14-12-9(16-17-21-12)5-18-7-15-10-8(2)6-20-11(10)13(18)19/h6-7,14H,3-5H2,1-2H3. The van der Waals surface area contributed by atoms with E-state index in [1.165, 1.54) is 22.9 Å². The van der Waals surface area contributed by atoms with E-state index in [2.05, 4.69) is 26.8 Å². The van der Waals surface area contributed by atoms with Crippen LogP contribution in [0.5, 0.6) is 0 Å². The van der Waals surface area contributed by atoms with Crippen LogP contribution >= 0.6 is 22.9 Å². The van der Waals surface area contributed by atoms with Crippen molar-refractivity contribution >= 4 is 38.1 Å². The maximum Gasteiger partial charge on any atom is 0.271 e. The number of anilines is 1. The first-order valence-electron chi connectivity index (χ1n) is 6.69. The summed E-state index contributed by atoms with van der Waals surface area (Å²) >= 11 is 2.76. The van der Waals surface area contributed by atoms with Crippen molar-refractivity contribution in [2.45, 2.75) is 26.8 Å². The molecule has 3 rings (SSSR count).